The maximum atomic E-state index is 13.3. The molecule has 0 aliphatic heterocycles. The van der Waals surface area contributed by atoms with Crippen molar-refractivity contribution in [3.05, 3.63) is 80.4 Å². The summed E-state index contributed by atoms with van der Waals surface area (Å²) in [5.74, 6) is -1.34. The molecule has 3 heterocycles. The number of ether oxygens (including phenoxy) is 1. The van der Waals surface area contributed by atoms with Crippen molar-refractivity contribution >= 4 is 40.4 Å². The Kier molecular flexibility index (Phi) is 6.86. The second kappa shape index (κ2) is 9.99. The fourth-order valence-corrected chi connectivity index (χ4v) is 4.86. The molecule has 0 fully saturated rings. The Morgan fingerprint density at radius 2 is 1.97 bits per heavy atom. The molecule has 172 valence electrons. The van der Waals surface area contributed by atoms with Crippen LogP contribution >= 0.6 is 22.7 Å². The zero-order valence-corrected chi connectivity index (χ0v) is 19.9. The Labute approximate surface area is 203 Å². The van der Waals surface area contributed by atoms with E-state index in [9.17, 15) is 19.2 Å². The van der Waals surface area contributed by atoms with Crippen molar-refractivity contribution in [2.75, 3.05) is 11.9 Å². The molecule has 34 heavy (non-hydrogen) atoms. The van der Waals surface area contributed by atoms with E-state index in [2.05, 4.69) is 16.4 Å². The van der Waals surface area contributed by atoms with Gasteiger partial charge in [0.2, 0.25) is 0 Å². The maximum absolute atomic E-state index is 13.3. The quantitative estimate of drug-likeness (QED) is 0.359. The average Bonchev–Trinajstić information content (AvgIpc) is 3.57. The smallest absolute Gasteiger partial charge is 0.358 e. The highest BCUT2D eigenvalue weighted by Gasteiger charge is 2.21. The number of nitrogens with zero attached hydrogens (tertiary/aromatic N) is 3. The average molecular weight is 495 g/mol. The van der Waals surface area contributed by atoms with Crippen LogP contribution in [0.4, 0.5) is 10.2 Å². The van der Waals surface area contributed by atoms with E-state index in [0.29, 0.717) is 22.9 Å². The van der Waals surface area contributed by atoms with Crippen LogP contribution < -0.4 is 5.32 Å². The molecule has 0 saturated carbocycles. The Morgan fingerprint density at radius 3 is 2.65 bits per heavy atom. The summed E-state index contributed by atoms with van der Waals surface area (Å²) in [6, 6.07) is 10.0. The van der Waals surface area contributed by atoms with Gasteiger partial charge in [0.25, 0.3) is 5.91 Å². The molecule has 0 spiro atoms. The highest BCUT2D eigenvalue weighted by atomic mass is 32.1. The van der Waals surface area contributed by atoms with Crippen LogP contribution in [-0.4, -0.2) is 28.0 Å². The Balaban J connectivity index is 1.46. The fraction of sp³-hybridized carbons (Fsp3) is 0.167. The largest absolute Gasteiger partial charge is 0.451 e. The molecule has 0 saturated heterocycles. The van der Waals surface area contributed by atoms with Crippen molar-refractivity contribution in [1.29, 1.82) is 5.26 Å². The molecule has 0 unspecified atom stereocenters. The molecule has 0 bridgehead atoms. The number of esters is 1. The van der Waals surface area contributed by atoms with Crippen LogP contribution in [0.1, 0.15) is 32.9 Å². The molecule has 0 aliphatic carbocycles. The first kappa shape index (κ1) is 23.4. The molecular formula is C24H19FN4O3S2. The van der Waals surface area contributed by atoms with Gasteiger partial charge in [0.05, 0.1) is 5.56 Å². The van der Waals surface area contributed by atoms with Gasteiger partial charge in [-0.2, -0.15) is 16.6 Å². The Hall–Kier alpha value is -3.81. The molecule has 1 aromatic carbocycles. The number of anilines is 1. The Bertz CT molecular complexity index is 1380. The van der Waals surface area contributed by atoms with Crippen molar-refractivity contribution in [3.8, 4) is 16.6 Å². The molecule has 1 amide bonds. The third-order valence-electron chi connectivity index (χ3n) is 5.27. The third kappa shape index (κ3) is 4.90. The second-order valence-corrected chi connectivity index (χ2v) is 9.07. The minimum Gasteiger partial charge on any atom is -0.451 e. The van der Waals surface area contributed by atoms with E-state index in [1.807, 2.05) is 23.8 Å². The number of halogens is 1. The molecule has 10 heteroatoms. The van der Waals surface area contributed by atoms with Crippen LogP contribution in [0.3, 0.4) is 0 Å². The van der Waals surface area contributed by atoms with E-state index in [0.717, 1.165) is 22.4 Å². The van der Waals surface area contributed by atoms with Crippen molar-refractivity contribution in [1.82, 2.24) is 9.55 Å². The summed E-state index contributed by atoms with van der Waals surface area (Å²) in [4.78, 5) is 29.2. The first-order valence-electron chi connectivity index (χ1n) is 10.2. The van der Waals surface area contributed by atoms with Gasteiger partial charge >= 0.3 is 5.97 Å². The standard InChI is InChI=1S/C24H19FN4O3S2/c1-14-15(2)29(10-16-3-5-18(25)6-4-16)22(19(14)9-26)28-21(30)11-32-24(31)20-13-34-23(27-20)17-7-8-33-12-17/h3-8,12-13H,10-11H2,1-2H3,(H,28,30). The van der Waals surface area contributed by atoms with Crippen molar-refractivity contribution in [3.63, 3.8) is 0 Å². The lowest BCUT2D eigenvalue weighted by Gasteiger charge is -2.13. The minimum absolute atomic E-state index is 0.128. The number of thiazole rings is 1. The van der Waals surface area contributed by atoms with Crippen LogP contribution in [0.5, 0.6) is 0 Å². The van der Waals surface area contributed by atoms with Crippen molar-refractivity contribution in [2.24, 2.45) is 0 Å². The predicted octanol–water partition coefficient (Wildman–Crippen LogP) is 5.14. The summed E-state index contributed by atoms with van der Waals surface area (Å²) in [5.41, 5.74) is 3.68. The number of carbonyl (C=O) groups is 2. The van der Waals surface area contributed by atoms with Crippen LogP contribution in [-0.2, 0) is 16.1 Å². The van der Waals surface area contributed by atoms with Gasteiger partial charge in [-0.25, -0.2) is 14.2 Å². The van der Waals surface area contributed by atoms with Crippen LogP contribution in [0.15, 0.2) is 46.5 Å². The molecule has 4 rings (SSSR count). The van der Waals surface area contributed by atoms with E-state index < -0.39 is 18.5 Å². The van der Waals surface area contributed by atoms with Gasteiger partial charge in [-0.1, -0.05) is 12.1 Å². The van der Waals surface area contributed by atoms with Crippen LogP contribution in [0.25, 0.3) is 10.6 Å². The molecule has 1 N–H and O–H groups in total. The second-order valence-electron chi connectivity index (χ2n) is 7.43. The molecule has 3 aromatic heterocycles. The van der Waals surface area contributed by atoms with Gasteiger partial charge in [-0.05, 0) is 48.6 Å². The number of hydrogen-bond acceptors (Lipinski definition) is 7. The van der Waals surface area contributed by atoms with Gasteiger partial charge in [-0.15, -0.1) is 11.3 Å². The third-order valence-corrected chi connectivity index (χ3v) is 6.84. The normalized spacial score (nSPS) is 10.6. The lowest BCUT2D eigenvalue weighted by molar-refractivity contribution is -0.119. The monoisotopic (exact) mass is 494 g/mol. The molecule has 4 aromatic rings. The summed E-state index contributed by atoms with van der Waals surface area (Å²) in [6.07, 6.45) is 0. The molecular weight excluding hydrogens is 475 g/mol. The number of rotatable bonds is 7. The number of nitriles is 1. The predicted molar refractivity (Wildman–Crippen MR) is 128 cm³/mol. The van der Waals surface area contributed by atoms with E-state index in [1.165, 1.54) is 34.8 Å². The molecule has 0 radical (unpaired) electrons. The minimum atomic E-state index is -0.706. The lowest BCUT2D eigenvalue weighted by Crippen LogP contribution is -2.23. The van der Waals surface area contributed by atoms with Gasteiger partial charge in [0.1, 0.15) is 22.7 Å². The number of aromatic nitrogens is 2. The molecule has 7 nitrogen and oxygen atoms in total. The number of hydrogen-bond donors (Lipinski definition) is 1. The number of carbonyl (C=O) groups excluding carboxylic acids is 2. The SMILES string of the molecule is Cc1c(C#N)c(NC(=O)COC(=O)c2csc(-c3ccsc3)n2)n(Cc2ccc(F)cc2)c1C. The number of thiophene rings is 1. The van der Waals surface area contributed by atoms with Gasteiger partial charge in [0.15, 0.2) is 12.3 Å². The summed E-state index contributed by atoms with van der Waals surface area (Å²) in [5, 5.41) is 18.5. The summed E-state index contributed by atoms with van der Waals surface area (Å²) in [6.45, 7) is 3.42. The number of amides is 1. The molecule has 0 aliphatic rings. The van der Waals surface area contributed by atoms with E-state index in [-0.39, 0.29) is 11.5 Å². The van der Waals surface area contributed by atoms with E-state index in [4.69, 9.17) is 4.74 Å². The lowest BCUT2D eigenvalue weighted by atomic mass is 10.2. The van der Waals surface area contributed by atoms with Gasteiger partial charge < -0.3 is 14.6 Å². The fourth-order valence-electron chi connectivity index (χ4n) is 3.36. The summed E-state index contributed by atoms with van der Waals surface area (Å²) < 4.78 is 20.2. The number of benzene rings is 1. The first-order valence-corrected chi connectivity index (χ1v) is 12.0. The summed E-state index contributed by atoms with van der Waals surface area (Å²) >= 11 is 2.85. The highest BCUT2D eigenvalue weighted by Crippen LogP contribution is 2.28. The zero-order valence-electron chi connectivity index (χ0n) is 18.3. The summed E-state index contributed by atoms with van der Waals surface area (Å²) in [7, 11) is 0. The van der Waals surface area contributed by atoms with Crippen LogP contribution in [0, 0.1) is 31.0 Å². The van der Waals surface area contributed by atoms with Gasteiger partial charge in [0, 0.05) is 28.6 Å². The molecule has 0 atom stereocenters. The van der Waals surface area contributed by atoms with E-state index >= 15 is 0 Å². The first-order chi connectivity index (χ1) is 16.4. The van der Waals surface area contributed by atoms with Crippen molar-refractivity contribution < 1.29 is 18.7 Å². The maximum Gasteiger partial charge on any atom is 0.358 e. The van der Waals surface area contributed by atoms with E-state index in [1.54, 1.807) is 29.0 Å². The highest BCUT2D eigenvalue weighted by molar-refractivity contribution is 7.14. The zero-order chi connectivity index (χ0) is 24.2. The Morgan fingerprint density at radius 1 is 1.21 bits per heavy atom. The van der Waals surface area contributed by atoms with Gasteiger partial charge in [-0.3, -0.25) is 4.79 Å². The van der Waals surface area contributed by atoms with Crippen molar-refractivity contribution in [2.45, 2.75) is 20.4 Å². The van der Waals surface area contributed by atoms with Crippen LogP contribution in [0.2, 0.25) is 0 Å². The topological polar surface area (TPSA) is 97.0 Å². The number of nitrogens with one attached hydrogen (secondary N) is 1.